The van der Waals surface area contributed by atoms with Gasteiger partial charge in [0, 0.05) is 17.5 Å². The Morgan fingerprint density at radius 2 is 1.74 bits per heavy atom. The van der Waals surface area contributed by atoms with Gasteiger partial charge < -0.3 is 18.9 Å². The Hall–Kier alpha value is -2.36. The van der Waals surface area contributed by atoms with Crippen LogP contribution in [0.4, 0.5) is 0 Å². The Morgan fingerprint density at radius 1 is 1.04 bits per heavy atom. The maximum absolute atomic E-state index is 5.85. The molecular formula is C19H22O4. The molecule has 2 aromatic rings. The maximum Gasteiger partial charge on any atom is 0.231 e. The molecule has 23 heavy (non-hydrogen) atoms. The van der Waals surface area contributed by atoms with E-state index >= 15 is 0 Å². The molecule has 0 spiro atoms. The molecule has 3 rings (SSSR count). The van der Waals surface area contributed by atoms with Gasteiger partial charge >= 0.3 is 0 Å². The van der Waals surface area contributed by atoms with Gasteiger partial charge in [0.15, 0.2) is 11.5 Å². The second-order valence-electron chi connectivity index (χ2n) is 5.41. The van der Waals surface area contributed by atoms with Gasteiger partial charge in [-0.1, -0.05) is 19.1 Å². The van der Waals surface area contributed by atoms with Crippen molar-refractivity contribution >= 4 is 0 Å². The van der Waals surface area contributed by atoms with Crippen LogP contribution < -0.4 is 18.9 Å². The third-order valence-electron chi connectivity index (χ3n) is 4.11. The third-order valence-corrected chi connectivity index (χ3v) is 4.11. The molecule has 0 saturated carbocycles. The van der Waals surface area contributed by atoms with Gasteiger partial charge in [-0.3, -0.25) is 0 Å². The molecule has 0 bridgehead atoms. The second-order valence-corrected chi connectivity index (χ2v) is 5.41. The summed E-state index contributed by atoms with van der Waals surface area (Å²) in [4.78, 5) is 0. The standard InChI is InChI=1S/C19H22O4/c1-4-15(13-6-8-14(20-3)9-7-13)16-10-18-19(23-12-22-18)11-17(16)21-5-2/h6-11,15H,4-5,12H2,1-3H3/t15-/m1/s1. The first-order chi connectivity index (χ1) is 11.3. The molecule has 1 heterocycles. The number of fused-ring (bicyclic) bond motifs is 1. The molecule has 2 aromatic carbocycles. The van der Waals surface area contributed by atoms with Crippen LogP contribution in [-0.2, 0) is 0 Å². The van der Waals surface area contributed by atoms with Gasteiger partial charge in [-0.05, 0) is 37.1 Å². The van der Waals surface area contributed by atoms with Crippen molar-refractivity contribution in [2.24, 2.45) is 0 Å². The molecule has 122 valence electrons. The summed E-state index contributed by atoms with van der Waals surface area (Å²) in [5.74, 6) is 3.49. The number of rotatable bonds is 6. The monoisotopic (exact) mass is 314 g/mol. The Morgan fingerprint density at radius 3 is 2.35 bits per heavy atom. The highest BCUT2D eigenvalue weighted by Crippen LogP contribution is 2.43. The molecule has 0 aliphatic carbocycles. The van der Waals surface area contributed by atoms with Crippen molar-refractivity contribution in [1.29, 1.82) is 0 Å². The molecule has 1 aliphatic heterocycles. The Balaban J connectivity index is 2.02. The lowest BCUT2D eigenvalue weighted by molar-refractivity contribution is 0.173. The fraction of sp³-hybridized carbons (Fsp3) is 0.368. The van der Waals surface area contributed by atoms with E-state index in [9.17, 15) is 0 Å². The number of hydrogen-bond acceptors (Lipinski definition) is 4. The summed E-state index contributed by atoms with van der Waals surface area (Å²) >= 11 is 0. The summed E-state index contributed by atoms with van der Waals surface area (Å²) in [7, 11) is 1.68. The number of methoxy groups -OCH3 is 1. The van der Waals surface area contributed by atoms with Crippen LogP contribution in [0.15, 0.2) is 36.4 Å². The molecule has 4 heteroatoms. The van der Waals surface area contributed by atoms with Crippen LogP contribution in [0.25, 0.3) is 0 Å². The smallest absolute Gasteiger partial charge is 0.231 e. The second kappa shape index (κ2) is 6.82. The van der Waals surface area contributed by atoms with E-state index in [1.807, 2.05) is 31.2 Å². The van der Waals surface area contributed by atoms with Crippen molar-refractivity contribution in [3.63, 3.8) is 0 Å². The first-order valence-electron chi connectivity index (χ1n) is 7.97. The fourth-order valence-electron chi connectivity index (χ4n) is 2.96. The number of hydrogen-bond donors (Lipinski definition) is 0. The van der Waals surface area contributed by atoms with Crippen molar-refractivity contribution < 1.29 is 18.9 Å². The van der Waals surface area contributed by atoms with Crippen molar-refractivity contribution in [2.45, 2.75) is 26.2 Å². The van der Waals surface area contributed by atoms with E-state index in [4.69, 9.17) is 18.9 Å². The van der Waals surface area contributed by atoms with Crippen molar-refractivity contribution in [1.82, 2.24) is 0 Å². The van der Waals surface area contributed by atoms with Crippen LogP contribution in [0, 0.1) is 0 Å². The summed E-state index contributed by atoms with van der Waals surface area (Å²) in [6.45, 7) is 5.05. The minimum Gasteiger partial charge on any atom is -0.497 e. The first kappa shape index (κ1) is 15.5. The van der Waals surface area contributed by atoms with Gasteiger partial charge in [-0.2, -0.15) is 0 Å². The van der Waals surface area contributed by atoms with E-state index in [1.54, 1.807) is 7.11 Å². The first-order valence-corrected chi connectivity index (χ1v) is 7.97. The fourth-order valence-corrected chi connectivity index (χ4v) is 2.96. The van der Waals surface area contributed by atoms with E-state index in [-0.39, 0.29) is 12.7 Å². The predicted octanol–water partition coefficient (Wildman–Crippen LogP) is 4.36. The average Bonchev–Trinajstić information content (AvgIpc) is 3.04. The molecule has 1 aliphatic rings. The number of ether oxygens (including phenoxy) is 4. The zero-order valence-electron chi connectivity index (χ0n) is 13.8. The molecule has 4 nitrogen and oxygen atoms in total. The van der Waals surface area contributed by atoms with Gasteiger partial charge in [-0.15, -0.1) is 0 Å². The normalized spacial score (nSPS) is 13.7. The minimum absolute atomic E-state index is 0.233. The van der Waals surface area contributed by atoms with E-state index < -0.39 is 0 Å². The molecule has 0 radical (unpaired) electrons. The Bertz CT molecular complexity index is 664. The highest BCUT2D eigenvalue weighted by Gasteiger charge is 2.23. The zero-order chi connectivity index (χ0) is 16.2. The van der Waals surface area contributed by atoms with Gasteiger partial charge in [-0.25, -0.2) is 0 Å². The molecule has 0 N–H and O–H groups in total. The lowest BCUT2D eigenvalue weighted by atomic mass is 9.88. The highest BCUT2D eigenvalue weighted by atomic mass is 16.7. The minimum atomic E-state index is 0.233. The quantitative estimate of drug-likeness (QED) is 0.793. The third kappa shape index (κ3) is 3.07. The zero-order valence-corrected chi connectivity index (χ0v) is 13.8. The summed E-state index contributed by atoms with van der Waals surface area (Å²) < 4.78 is 22.1. The van der Waals surface area contributed by atoms with Crippen LogP contribution in [0.3, 0.4) is 0 Å². The maximum atomic E-state index is 5.85. The van der Waals surface area contributed by atoms with E-state index in [0.29, 0.717) is 6.61 Å². The Labute approximate surface area is 136 Å². The van der Waals surface area contributed by atoms with Crippen molar-refractivity contribution in [2.75, 3.05) is 20.5 Å². The molecule has 0 saturated heterocycles. The van der Waals surface area contributed by atoms with Gasteiger partial charge in [0.05, 0.1) is 13.7 Å². The molecule has 0 amide bonds. The summed E-state index contributed by atoms with van der Waals surface area (Å²) in [6, 6.07) is 12.2. The summed E-state index contributed by atoms with van der Waals surface area (Å²) in [6.07, 6.45) is 0.964. The predicted molar refractivity (Wildman–Crippen MR) is 88.9 cm³/mol. The Kier molecular flexibility index (Phi) is 4.60. The van der Waals surface area contributed by atoms with Gasteiger partial charge in [0.2, 0.25) is 6.79 Å². The summed E-state index contributed by atoms with van der Waals surface area (Å²) in [5, 5.41) is 0. The lowest BCUT2D eigenvalue weighted by Gasteiger charge is -2.20. The largest absolute Gasteiger partial charge is 0.497 e. The molecule has 0 aromatic heterocycles. The van der Waals surface area contributed by atoms with Gasteiger partial charge in [0.1, 0.15) is 11.5 Å². The molecule has 0 fully saturated rings. The van der Waals surface area contributed by atoms with Crippen LogP contribution in [0.2, 0.25) is 0 Å². The number of benzene rings is 2. The van der Waals surface area contributed by atoms with Crippen LogP contribution >= 0.6 is 0 Å². The van der Waals surface area contributed by atoms with E-state index in [0.717, 1.165) is 35.0 Å². The lowest BCUT2D eigenvalue weighted by Crippen LogP contribution is -2.04. The van der Waals surface area contributed by atoms with E-state index in [1.165, 1.54) is 5.56 Å². The topological polar surface area (TPSA) is 36.9 Å². The van der Waals surface area contributed by atoms with E-state index in [2.05, 4.69) is 19.1 Å². The van der Waals surface area contributed by atoms with Crippen LogP contribution in [-0.4, -0.2) is 20.5 Å². The summed E-state index contributed by atoms with van der Waals surface area (Å²) in [5.41, 5.74) is 2.36. The molecular weight excluding hydrogens is 292 g/mol. The van der Waals surface area contributed by atoms with Gasteiger partial charge in [0.25, 0.3) is 0 Å². The van der Waals surface area contributed by atoms with Crippen LogP contribution in [0.5, 0.6) is 23.0 Å². The SMILES string of the molecule is CCOc1cc2c(cc1[C@H](CC)c1ccc(OC)cc1)OCO2. The van der Waals surface area contributed by atoms with Crippen molar-refractivity contribution in [3.8, 4) is 23.0 Å². The molecule has 0 unspecified atom stereocenters. The molecule has 1 atom stereocenters. The average molecular weight is 314 g/mol. The highest BCUT2D eigenvalue weighted by molar-refractivity contribution is 5.55. The van der Waals surface area contributed by atoms with Crippen LogP contribution in [0.1, 0.15) is 37.3 Å². The van der Waals surface area contributed by atoms with Crippen molar-refractivity contribution in [3.05, 3.63) is 47.5 Å².